The molecule has 2 aromatic carbocycles. The van der Waals surface area contributed by atoms with Gasteiger partial charge in [0, 0.05) is 31.2 Å². The van der Waals surface area contributed by atoms with Gasteiger partial charge in [0.25, 0.3) is 0 Å². The van der Waals surface area contributed by atoms with Gasteiger partial charge < -0.3 is 14.9 Å². The van der Waals surface area contributed by atoms with E-state index < -0.39 is 0 Å². The second-order valence-electron chi connectivity index (χ2n) is 5.24. The summed E-state index contributed by atoms with van der Waals surface area (Å²) in [6, 6.07) is 15.0. The molecule has 0 amide bonds. The van der Waals surface area contributed by atoms with Crippen molar-refractivity contribution >= 4 is 23.0 Å². The molecule has 5 heteroatoms. The highest BCUT2D eigenvalue weighted by Crippen LogP contribution is 2.29. The first-order valence-corrected chi connectivity index (χ1v) is 7.54. The van der Waals surface area contributed by atoms with Gasteiger partial charge in [-0.2, -0.15) is 5.26 Å². The minimum absolute atomic E-state index is 0.306. The molecule has 0 spiro atoms. The molecule has 0 atom stereocenters. The number of aromatic hydroxyl groups is 1. The van der Waals surface area contributed by atoms with Crippen LogP contribution in [0.15, 0.2) is 42.5 Å². The molecule has 0 saturated carbocycles. The van der Waals surface area contributed by atoms with Crippen molar-refractivity contribution in [2.24, 2.45) is 0 Å². The highest BCUT2D eigenvalue weighted by atomic mass is 35.5. The van der Waals surface area contributed by atoms with E-state index in [2.05, 4.69) is 15.9 Å². The third kappa shape index (κ3) is 2.81. The minimum Gasteiger partial charge on any atom is -0.506 e. The maximum absolute atomic E-state index is 9.95. The molecule has 0 aromatic heterocycles. The van der Waals surface area contributed by atoms with Crippen LogP contribution in [0.2, 0.25) is 5.02 Å². The summed E-state index contributed by atoms with van der Waals surface area (Å²) in [4.78, 5) is 4.35. The summed E-state index contributed by atoms with van der Waals surface area (Å²) >= 11 is 5.95. The molecule has 4 nitrogen and oxygen atoms in total. The van der Waals surface area contributed by atoms with E-state index >= 15 is 0 Å². The summed E-state index contributed by atoms with van der Waals surface area (Å²) in [5.41, 5.74) is 2.38. The molecule has 22 heavy (non-hydrogen) atoms. The first kappa shape index (κ1) is 14.6. The van der Waals surface area contributed by atoms with Crippen LogP contribution in [-0.2, 0) is 0 Å². The molecule has 1 heterocycles. The van der Waals surface area contributed by atoms with Gasteiger partial charge in [-0.3, -0.25) is 0 Å². The van der Waals surface area contributed by atoms with Gasteiger partial charge in [-0.15, -0.1) is 0 Å². The summed E-state index contributed by atoms with van der Waals surface area (Å²) in [5.74, 6) is 0.306. The third-order valence-electron chi connectivity index (χ3n) is 3.92. The van der Waals surface area contributed by atoms with E-state index in [0.717, 1.165) is 37.6 Å². The Morgan fingerprint density at radius 3 is 2.23 bits per heavy atom. The Morgan fingerprint density at radius 1 is 0.955 bits per heavy atom. The van der Waals surface area contributed by atoms with Crippen LogP contribution in [0.3, 0.4) is 0 Å². The fraction of sp³-hybridized carbons (Fsp3) is 0.235. The highest BCUT2D eigenvalue weighted by Gasteiger charge is 2.21. The average Bonchev–Trinajstić information content (AvgIpc) is 2.55. The SMILES string of the molecule is N#Cc1cc(Cl)ccc1N1CCN(c2ccccc2O)CC1. The average molecular weight is 314 g/mol. The number of halogens is 1. The maximum atomic E-state index is 9.95. The van der Waals surface area contributed by atoms with Crippen molar-refractivity contribution in [3.05, 3.63) is 53.1 Å². The molecule has 1 fully saturated rings. The number of benzene rings is 2. The van der Waals surface area contributed by atoms with E-state index in [0.29, 0.717) is 16.3 Å². The lowest BCUT2D eigenvalue weighted by Gasteiger charge is -2.37. The predicted octanol–water partition coefficient (Wildman–Crippen LogP) is 3.24. The molecule has 112 valence electrons. The number of phenols is 1. The first-order chi connectivity index (χ1) is 10.7. The molecular weight excluding hydrogens is 298 g/mol. The Hall–Kier alpha value is -2.38. The number of para-hydroxylation sites is 2. The predicted molar refractivity (Wildman–Crippen MR) is 88.7 cm³/mol. The molecule has 2 aromatic rings. The number of nitriles is 1. The maximum Gasteiger partial charge on any atom is 0.138 e. The first-order valence-electron chi connectivity index (χ1n) is 7.16. The number of rotatable bonds is 2. The topological polar surface area (TPSA) is 50.5 Å². The van der Waals surface area contributed by atoms with Gasteiger partial charge in [0.05, 0.1) is 16.9 Å². The smallest absolute Gasteiger partial charge is 0.138 e. The summed E-state index contributed by atoms with van der Waals surface area (Å²) in [6.07, 6.45) is 0. The van der Waals surface area contributed by atoms with Gasteiger partial charge in [0.15, 0.2) is 0 Å². The summed E-state index contributed by atoms with van der Waals surface area (Å²) < 4.78 is 0. The van der Waals surface area contributed by atoms with Crippen LogP contribution in [0.1, 0.15) is 5.56 Å². The fourth-order valence-corrected chi connectivity index (χ4v) is 2.97. The van der Waals surface area contributed by atoms with Crippen LogP contribution in [0.25, 0.3) is 0 Å². The van der Waals surface area contributed by atoms with Crippen LogP contribution < -0.4 is 9.80 Å². The van der Waals surface area contributed by atoms with Crippen LogP contribution >= 0.6 is 11.6 Å². The van der Waals surface area contributed by atoms with Crippen molar-refractivity contribution in [2.75, 3.05) is 36.0 Å². The summed E-state index contributed by atoms with van der Waals surface area (Å²) in [5, 5.41) is 19.8. The lowest BCUT2D eigenvalue weighted by molar-refractivity contribution is 0.472. The van der Waals surface area contributed by atoms with E-state index in [1.54, 1.807) is 12.1 Å². The zero-order chi connectivity index (χ0) is 15.5. The van der Waals surface area contributed by atoms with Crippen molar-refractivity contribution < 1.29 is 5.11 Å². The van der Waals surface area contributed by atoms with Crippen LogP contribution in [0.5, 0.6) is 5.75 Å². The zero-order valence-corrected chi connectivity index (χ0v) is 12.8. The Balaban J connectivity index is 1.75. The van der Waals surface area contributed by atoms with Crippen molar-refractivity contribution in [1.29, 1.82) is 5.26 Å². The molecule has 1 aliphatic heterocycles. The minimum atomic E-state index is 0.306. The van der Waals surface area contributed by atoms with Gasteiger partial charge in [0.2, 0.25) is 0 Å². The molecule has 1 saturated heterocycles. The molecule has 0 radical (unpaired) electrons. The van der Waals surface area contributed by atoms with E-state index in [1.807, 2.05) is 30.3 Å². The molecule has 0 bridgehead atoms. The van der Waals surface area contributed by atoms with Crippen LogP contribution in [-0.4, -0.2) is 31.3 Å². The van der Waals surface area contributed by atoms with Gasteiger partial charge in [-0.25, -0.2) is 0 Å². The van der Waals surface area contributed by atoms with Crippen LogP contribution in [0, 0.1) is 11.3 Å². The van der Waals surface area contributed by atoms with Crippen molar-refractivity contribution in [3.63, 3.8) is 0 Å². The Kier molecular flexibility index (Phi) is 4.08. The molecule has 1 aliphatic rings. The van der Waals surface area contributed by atoms with Crippen molar-refractivity contribution in [3.8, 4) is 11.8 Å². The molecule has 0 aliphatic carbocycles. The quantitative estimate of drug-likeness (QED) is 0.924. The number of hydrogen-bond acceptors (Lipinski definition) is 4. The molecule has 0 unspecified atom stereocenters. The number of hydrogen-bond donors (Lipinski definition) is 1. The van der Waals surface area contributed by atoms with Crippen molar-refractivity contribution in [1.82, 2.24) is 0 Å². The lowest BCUT2D eigenvalue weighted by atomic mass is 10.1. The van der Waals surface area contributed by atoms with Gasteiger partial charge >= 0.3 is 0 Å². The second kappa shape index (κ2) is 6.17. The Morgan fingerprint density at radius 2 is 1.59 bits per heavy atom. The van der Waals surface area contributed by atoms with Gasteiger partial charge in [-0.05, 0) is 30.3 Å². The monoisotopic (exact) mass is 313 g/mol. The third-order valence-corrected chi connectivity index (χ3v) is 4.16. The summed E-state index contributed by atoms with van der Waals surface area (Å²) in [7, 11) is 0. The lowest BCUT2D eigenvalue weighted by Crippen LogP contribution is -2.46. The van der Waals surface area contributed by atoms with E-state index in [4.69, 9.17) is 11.6 Å². The largest absolute Gasteiger partial charge is 0.506 e. The van der Waals surface area contributed by atoms with Gasteiger partial charge in [0.1, 0.15) is 11.8 Å². The number of piperazine rings is 1. The Bertz CT molecular complexity index is 718. The van der Waals surface area contributed by atoms with Crippen molar-refractivity contribution in [2.45, 2.75) is 0 Å². The molecular formula is C17H16ClN3O. The zero-order valence-electron chi connectivity index (χ0n) is 12.0. The molecule has 1 N–H and O–H groups in total. The fourth-order valence-electron chi connectivity index (χ4n) is 2.79. The second-order valence-corrected chi connectivity index (χ2v) is 5.67. The highest BCUT2D eigenvalue weighted by molar-refractivity contribution is 6.30. The number of anilines is 2. The van der Waals surface area contributed by atoms with E-state index in [9.17, 15) is 10.4 Å². The Labute approximate surface area is 134 Å². The van der Waals surface area contributed by atoms with Gasteiger partial charge in [-0.1, -0.05) is 23.7 Å². The van der Waals surface area contributed by atoms with E-state index in [-0.39, 0.29) is 0 Å². The number of nitrogens with zero attached hydrogens (tertiary/aromatic N) is 3. The number of phenolic OH excluding ortho intramolecular Hbond substituents is 1. The normalized spacial score (nSPS) is 14.7. The van der Waals surface area contributed by atoms with E-state index in [1.165, 1.54) is 0 Å². The summed E-state index contributed by atoms with van der Waals surface area (Å²) in [6.45, 7) is 3.19. The standard InChI is InChI=1S/C17H16ClN3O/c18-14-5-6-15(13(11-14)12-19)20-7-9-21(10-8-20)16-3-1-2-4-17(16)22/h1-6,11,22H,7-10H2. The van der Waals surface area contributed by atoms with Crippen LogP contribution in [0.4, 0.5) is 11.4 Å². The molecule has 3 rings (SSSR count).